The second-order valence-corrected chi connectivity index (χ2v) is 3.89. The molecule has 0 spiro atoms. The van der Waals surface area contributed by atoms with Crippen LogP contribution in [-0.4, -0.2) is 14.5 Å². The maximum atomic E-state index is 10.5. The Labute approximate surface area is 103 Å². The lowest BCUT2D eigenvalue weighted by atomic mass is 10.2. The van der Waals surface area contributed by atoms with Gasteiger partial charge in [0.2, 0.25) is 0 Å². The number of nitrogens with zero attached hydrogens (tertiary/aromatic N) is 3. The number of nitrogens with two attached hydrogens (primary N) is 1. The summed E-state index contributed by atoms with van der Waals surface area (Å²) in [4.78, 5) is 14.1. The van der Waals surface area contributed by atoms with Crippen molar-refractivity contribution in [2.24, 2.45) is 5.73 Å². The molecule has 1 atom stereocenters. The van der Waals surface area contributed by atoms with Crippen LogP contribution in [0, 0.1) is 10.1 Å². The lowest BCUT2D eigenvalue weighted by Crippen LogP contribution is -2.17. The van der Waals surface area contributed by atoms with E-state index in [1.54, 1.807) is 6.20 Å². The van der Waals surface area contributed by atoms with Crippen molar-refractivity contribution in [1.29, 1.82) is 0 Å². The number of imidazole rings is 1. The van der Waals surface area contributed by atoms with Crippen LogP contribution in [0.15, 0.2) is 28.9 Å². The number of aryl methyl sites for hydroxylation is 1. The maximum absolute atomic E-state index is 10.5. The Kier molecular flexibility index (Phi) is 3.42. The zero-order valence-electron chi connectivity index (χ0n) is 9.94. The third-order valence-electron chi connectivity index (χ3n) is 2.59. The van der Waals surface area contributed by atoms with E-state index in [1.807, 2.05) is 17.7 Å². The molecule has 0 bridgehead atoms. The number of nitro groups is 1. The molecule has 0 amide bonds. The number of aromatic nitrogens is 2. The van der Waals surface area contributed by atoms with Gasteiger partial charge >= 0.3 is 5.88 Å². The van der Waals surface area contributed by atoms with Gasteiger partial charge in [-0.05, 0) is 12.5 Å². The van der Waals surface area contributed by atoms with Gasteiger partial charge in [-0.2, -0.15) is 0 Å². The molecule has 0 radical (unpaired) electrons. The van der Waals surface area contributed by atoms with Gasteiger partial charge in [0, 0.05) is 18.9 Å². The molecule has 2 rings (SSSR count). The van der Waals surface area contributed by atoms with E-state index in [-0.39, 0.29) is 5.88 Å². The van der Waals surface area contributed by atoms with Crippen LogP contribution in [0.3, 0.4) is 0 Å². The second kappa shape index (κ2) is 5.01. The van der Waals surface area contributed by atoms with Crippen LogP contribution in [0.4, 0.5) is 5.88 Å². The fraction of sp³-hybridized carbons (Fsp3) is 0.364. The van der Waals surface area contributed by atoms with E-state index in [2.05, 4.69) is 4.98 Å². The van der Waals surface area contributed by atoms with E-state index in [0.29, 0.717) is 11.6 Å². The Morgan fingerprint density at radius 1 is 1.61 bits per heavy atom. The lowest BCUT2D eigenvalue weighted by Gasteiger charge is -2.10. The molecule has 1 unspecified atom stereocenters. The molecule has 7 heteroatoms. The highest BCUT2D eigenvalue weighted by atomic mass is 16.6. The average Bonchev–Trinajstić information content (AvgIpc) is 2.97. The third kappa shape index (κ3) is 2.25. The summed E-state index contributed by atoms with van der Waals surface area (Å²) in [5, 5.41) is 10.5. The standard InChI is InChI=1S/C11H14N4O3/c1-2-6-14-7-5-13-11(14)10(12)8-3-4-9(18-8)15(16)17/h3-5,7,10H,2,6,12H2,1H3. The molecule has 2 aromatic rings. The molecular weight excluding hydrogens is 236 g/mol. The van der Waals surface area contributed by atoms with Crippen molar-refractivity contribution in [2.75, 3.05) is 0 Å². The summed E-state index contributed by atoms with van der Waals surface area (Å²) in [6, 6.07) is 2.20. The first-order valence-corrected chi connectivity index (χ1v) is 5.64. The van der Waals surface area contributed by atoms with E-state index in [1.165, 1.54) is 12.1 Å². The number of hydrogen-bond donors (Lipinski definition) is 1. The predicted molar refractivity (Wildman–Crippen MR) is 63.9 cm³/mol. The summed E-state index contributed by atoms with van der Waals surface area (Å²) < 4.78 is 7.00. The monoisotopic (exact) mass is 250 g/mol. The van der Waals surface area contributed by atoms with Crippen molar-refractivity contribution < 1.29 is 9.34 Å². The smallest absolute Gasteiger partial charge is 0.404 e. The van der Waals surface area contributed by atoms with E-state index in [0.717, 1.165) is 13.0 Å². The zero-order valence-corrected chi connectivity index (χ0v) is 9.94. The predicted octanol–water partition coefficient (Wildman–Crippen LogP) is 1.84. The molecule has 2 aromatic heterocycles. The molecule has 0 saturated heterocycles. The van der Waals surface area contributed by atoms with Gasteiger partial charge in [-0.1, -0.05) is 6.92 Å². The van der Waals surface area contributed by atoms with Gasteiger partial charge in [-0.25, -0.2) is 4.98 Å². The van der Waals surface area contributed by atoms with Gasteiger partial charge in [-0.15, -0.1) is 0 Å². The SMILES string of the molecule is CCCn1ccnc1C(N)c1ccc([N+](=O)[O-])o1. The van der Waals surface area contributed by atoms with Crippen LogP contribution in [0.1, 0.15) is 31.0 Å². The van der Waals surface area contributed by atoms with E-state index in [4.69, 9.17) is 10.2 Å². The summed E-state index contributed by atoms with van der Waals surface area (Å²) in [6.07, 6.45) is 4.44. The van der Waals surface area contributed by atoms with Crippen molar-refractivity contribution in [1.82, 2.24) is 9.55 Å². The highest BCUT2D eigenvalue weighted by Crippen LogP contribution is 2.24. The van der Waals surface area contributed by atoms with Gasteiger partial charge in [0.05, 0.1) is 6.07 Å². The fourth-order valence-corrected chi connectivity index (χ4v) is 1.76. The van der Waals surface area contributed by atoms with Gasteiger partial charge in [-0.3, -0.25) is 10.1 Å². The molecule has 2 N–H and O–H groups in total. The van der Waals surface area contributed by atoms with Crippen molar-refractivity contribution in [3.05, 3.63) is 46.2 Å². The van der Waals surface area contributed by atoms with Crippen molar-refractivity contribution in [3.8, 4) is 0 Å². The number of furan rings is 1. The molecular formula is C11H14N4O3. The molecule has 2 heterocycles. The van der Waals surface area contributed by atoms with Crippen LogP contribution in [0.25, 0.3) is 0 Å². The van der Waals surface area contributed by atoms with Crippen LogP contribution in [-0.2, 0) is 6.54 Å². The molecule has 7 nitrogen and oxygen atoms in total. The minimum absolute atomic E-state index is 0.311. The Hall–Kier alpha value is -2.15. The molecule has 0 aliphatic rings. The highest BCUT2D eigenvalue weighted by molar-refractivity contribution is 5.23. The van der Waals surface area contributed by atoms with Gasteiger partial charge in [0.25, 0.3) is 0 Å². The van der Waals surface area contributed by atoms with Crippen LogP contribution >= 0.6 is 0 Å². The normalized spacial score (nSPS) is 12.6. The number of hydrogen-bond acceptors (Lipinski definition) is 5. The summed E-state index contributed by atoms with van der Waals surface area (Å²) in [7, 11) is 0. The van der Waals surface area contributed by atoms with Crippen LogP contribution in [0.2, 0.25) is 0 Å². The Bertz CT molecular complexity index is 546. The summed E-state index contributed by atoms with van der Waals surface area (Å²) in [6.45, 7) is 2.85. The first-order chi connectivity index (χ1) is 8.63. The van der Waals surface area contributed by atoms with Gasteiger partial charge < -0.3 is 14.7 Å². The maximum Gasteiger partial charge on any atom is 0.433 e. The van der Waals surface area contributed by atoms with E-state index in [9.17, 15) is 10.1 Å². The molecule has 0 saturated carbocycles. The molecule has 0 fully saturated rings. The Morgan fingerprint density at radius 3 is 3.00 bits per heavy atom. The second-order valence-electron chi connectivity index (χ2n) is 3.89. The van der Waals surface area contributed by atoms with Gasteiger partial charge in [0.15, 0.2) is 0 Å². The first-order valence-electron chi connectivity index (χ1n) is 5.64. The quantitative estimate of drug-likeness (QED) is 0.644. The van der Waals surface area contributed by atoms with E-state index >= 15 is 0 Å². The van der Waals surface area contributed by atoms with E-state index < -0.39 is 11.0 Å². The lowest BCUT2D eigenvalue weighted by molar-refractivity contribution is -0.402. The van der Waals surface area contributed by atoms with Crippen molar-refractivity contribution in [3.63, 3.8) is 0 Å². The third-order valence-corrected chi connectivity index (χ3v) is 2.59. The van der Waals surface area contributed by atoms with Crippen LogP contribution < -0.4 is 5.73 Å². The largest absolute Gasteiger partial charge is 0.433 e. The average molecular weight is 250 g/mol. The summed E-state index contributed by atoms with van der Waals surface area (Å²) in [5.41, 5.74) is 6.01. The minimum Gasteiger partial charge on any atom is -0.404 e. The summed E-state index contributed by atoms with van der Waals surface area (Å²) in [5.74, 6) is 0.667. The Morgan fingerprint density at radius 2 is 2.39 bits per heavy atom. The first kappa shape index (κ1) is 12.3. The minimum atomic E-state index is -0.597. The zero-order chi connectivity index (χ0) is 13.1. The van der Waals surface area contributed by atoms with Crippen LogP contribution in [0.5, 0.6) is 0 Å². The molecule has 0 aliphatic heterocycles. The highest BCUT2D eigenvalue weighted by Gasteiger charge is 2.21. The van der Waals surface area contributed by atoms with Gasteiger partial charge in [0.1, 0.15) is 22.5 Å². The fourth-order valence-electron chi connectivity index (χ4n) is 1.76. The Balaban J connectivity index is 2.26. The topological polar surface area (TPSA) is 100 Å². The summed E-state index contributed by atoms with van der Waals surface area (Å²) >= 11 is 0. The molecule has 96 valence electrons. The van der Waals surface area contributed by atoms with Crippen molar-refractivity contribution in [2.45, 2.75) is 25.9 Å². The van der Waals surface area contributed by atoms with Crippen molar-refractivity contribution >= 4 is 5.88 Å². The molecule has 18 heavy (non-hydrogen) atoms. The molecule has 0 aromatic carbocycles. The number of rotatable bonds is 5. The molecule has 0 aliphatic carbocycles.